The highest BCUT2D eigenvalue weighted by molar-refractivity contribution is 7.79. The summed E-state index contributed by atoms with van der Waals surface area (Å²) in [7, 11) is 0. The van der Waals surface area contributed by atoms with Crippen LogP contribution in [0.1, 0.15) is 0 Å². The van der Waals surface area contributed by atoms with Gasteiger partial charge in [-0.05, 0) is 12.1 Å². The maximum atomic E-state index is 5.81. The summed E-state index contributed by atoms with van der Waals surface area (Å²) in [5, 5.41) is 4.12. The topological polar surface area (TPSA) is 12.0 Å². The molecule has 1 N–H and O–H groups in total. The SMILES string of the molecule is S=CNc1cc(Cl)c(Cl)cc1Cl. The Bertz CT molecular complexity index is 314. The van der Waals surface area contributed by atoms with Crippen molar-refractivity contribution in [1.82, 2.24) is 0 Å². The molecule has 1 rings (SSSR count). The Kier molecular flexibility index (Phi) is 3.59. The minimum atomic E-state index is 0.427. The fraction of sp³-hybridized carbons (Fsp3) is 0. The van der Waals surface area contributed by atoms with Gasteiger partial charge in [-0.3, -0.25) is 0 Å². The first-order valence-corrected chi connectivity index (χ1v) is 4.60. The van der Waals surface area contributed by atoms with Gasteiger partial charge in [0.05, 0.1) is 26.2 Å². The molecule has 0 aromatic heterocycles. The largest absolute Gasteiger partial charge is 0.351 e. The minimum Gasteiger partial charge on any atom is -0.351 e. The van der Waals surface area contributed by atoms with Crippen LogP contribution < -0.4 is 5.32 Å². The van der Waals surface area contributed by atoms with Crippen LogP contribution in [-0.4, -0.2) is 5.49 Å². The first kappa shape index (κ1) is 10.1. The lowest BCUT2D eigenvalue weighted by Crippen LogP contribution is -1.92. The third-order valence-electron chi connectivity index (χ3n) is 1.22. The van der Waals surface area contributed by atoms with Gasteiger partial charge in [0.25, 0.3) is 0 Å². The van der Waals surface area contributed by atoms with Crippen LogP contribution in [0.4, 0.5) is 5.69 Å². The third-order valence-corrected chi connectivity index (χ3v) is 2.38. The van der Waals surface area contributed by atoms with E-state index in [1.165, 1.54) is 5.49 Å². The van der Waals surface area contributed by atoms with E-state index < -0.39 is 0 Å². The molecule has 0 radical (unpaired) electrons. The molecule has 1 nitrogen and oxygen atoms in total. The molecular weight excluding hydrogens is 237 g/mol. The molecule has 0 spiro atoms. The zero-order chi connectivity index (χ0) is 9.14. The second-order valence-electron chi connectivity index (χ2n) is 2.01. The van der Waals surface area contributed by atoms with Gasteiger partial charge in [-0.1, -0.05) is 47.0 Å². The molecule has 0 saturated heterocycles. The maximum absolute atomic E-state index is 5.81. The Labute approximate surface area is 90.6 Å². The zero-order valence-corrected chi connectivity index (χ0v) is 8.86. The van der Waals surface area contributed by atoms with Crippen LogP contribution in [0.15, 0.2) is 12.1 Å². The second kappa shape index (κ2) is 4.28. The third kappa shape index (κ3) is 2.23. The number of thiocarbonyl (C=S) groups is 1. The summed E-state index contributed by atoms with van der Waals surface area (Å²) in [5.41, 5.74) is 2.01. The normalized spacial score (nSPS) is 9.58. The van der Waals surface area contributed by atoms with E-state index in [-0.39, 0.29) is 0 Å². The number of rotatable bonds is 2. The Morgan fingerprint density at radius 3 is 2.25 bits per heavy atom. The second-order valence-corrected chi connectivity index (χ2v) is 3.47. The van der Waals surface area contributed by atoms with Crippen LogP contribution in [0, 0.1) is 0 Å². The number of benzene rings is 1. The molecule has 1 aromatic rings. The van der Waals surface area contributed by atoms with E-state index in [4.69, 9.17) is 34.8 Å². The van der Waals surface area contributed by atoms with E-state index in [9.17, 15) is 0 Å². The van der Waals surface area contributed by atoms with Crippen LogP contribution in [0.5, 0.6) is 0 Å². The van der Waals surface area contributed by atoms with Gasteiger partial charge in [0.15, 0.2) is 0 Å². The number of halogens is 3. The minimum absolute atomic E-state index is 0.427. The molecule has 0 unspecified atom stereocenters. The van der Waals surface area contributed by atoms with E-state index in [1.807, 2.05) is 0 Å². The average molecular weight is 241 g/mol. The van der Waals surface area contributed by atoms with Gasteiger partial charge in [0.2, 0.25) is 0 Å². The Morgan fingerprint density at radius 1 is 1.08 bits per heavy atom. The van der Waals surface area contributed by atoms with Gasteiger partial charge < -0.3 is 5.32 Å². The summed E-state index contributed by atoms with van der Waals surface area (Å²) >= 11 is 21.9. The van der Waals surface area contributed by atoms with Gasteiger partial charge in [-0.15, -0.1) is 0 Å². The quantitative estimate of drug-likeness (QED) is 0.619. The molecule has 0 fully saturated rings. The number of hydrogen-bond donors (Lipinski definition) is 1. The van der Waals surface area contributed by atoms with Gasteiger partial charge in [-0.2, -0.15) is 0 Å². The fourth-order valence-corrected chi connectivity index (χ4v) is 1.43. The predicted octanol–water partition coefficient (Wildman–Crippen LogP) is 4.02. The van der Waals surface area contributed by atoms with Crippen molar-refractivity contribution in [3.63, 3.8) is 0 Å². The molecule has 0 bridgehead atoms. The summed E-state index contributed by atoms with van der Waals surface area (Å²) in [6.07, 6.45) is 0. The van der Waals surface area contributed by atoms with Crippen molar-refractivity contribution >= 4 is 58.2 Å². The number of hydrogen-bond acceptors (Lipinski definition) is 1. The molecule has 0 aliphatic rings. The fourth-order valence-electron chi connectivity index (χ4n) is 0.697. The smallest absolute Gasteiger partial charge is 0.0659 e. The van der Waals surface area contributed by atoms with Gasteiger partial charge in [0.1, 0.15) is 0 Å². The highest BCUT2D eigenvalue weighted by atomic mass is 35.5. The van der Waals surface area contributed by atoms with Gasteiger partial charge in [-0.25, -0.2) is 0 Å². The first-order valence-electron chi connectivity index (χ1n) is 3.00. The summed E-state index contributed by atoms with van der Waals surface area (Å²) in [6, 6.07) is 3.18. The van der Waals surface area contributed by atoms with Crippen LogP contribution in [0.3, 0.4) is 0 Å². The molecule has 0 aliphatic heterocycles. The Hall–Kier alpha value is -0.0200. The van der Waals surface area contributed by atoms with Crippen molar-refractivity contribution in [1.29, 1.82) is 0 Å². The van der Waals surface area contributed by atoms with E-state index in [1.54, 1.807) is 12.1 Å². The molecular formula is C7H4Cl3NS. The van der Waals surface area contributed by atoms with Crippen LogP contribution in [-0.2, 0) is 0 Å². The number of nitrogens with one attached hydrogen (secondary N) is 1. The van der Waals surface area contributed by atoms with Crippen LogP contribution >= 0.6 is 47.0 Å². The zero-order valence-electron chi connectivity index (χ0n) is 5.77. The lowest BCUT2D eigenvalue weighted by atomic mass is 10.3. The van der Waals surface area contributed by atoms with Crippen molar-refractivity contribution in [3.8, 4) is 0 Å². The summed E-state index contributed by atoms with van der Waals surface area (Å²) in [4.78, 5) is 0. The predicted molar refractivity (Wildman–Crippen MR) is 58.7 cm³/mol. The van der Waals surface area contributed by atoms with Crippen LogP contribution in [0.25, 0.3) is 0 Å². The molecule has 1 aromatic carbocycles. The first-order chi connectivity index (χ1) is 5.65. The average Bonchev–Trinajstić information content (AvgIpc) is 2.01. The van der Waals surface area contributed by atoms with Gasteiger partial charge >= 0.3 is 0 Å². The Balaban J connectivity index is 3.13. The molecule has 0 aliphatic carbocycles. The van der Waals surface area contributed by atoms with Crippen molar-refractivity contribution in [3.05, 3.63) is 27.2 Å². The van der Waals surface area contributed by atoms with E-state index in [2.05, 4.69) is 17.5 Å². The monoisotopic (exact) mass is 239 g/mol. The van der Waals surface area contributed by atoms with Crippen molar-refractivity contribution in [2.45, 2.75) is 0 Å². The van der Waals surface area contributed by atoms with Crippen molar-refractivity contribution in [2.24, 2.45) is 0 Å². The molecule has 0 heterocycles. The lowest BCUT2D eigenvalue weighted by Gasteiger charge is -2.04. The highest BCUT2D eigenvalue weighted by Crippen LogP contribution is 2.31. The van der Waals surface area contributed by atoms with Crippen molar-refractivity contribution < 1.29 is 0 Å². The molecule has 12 heavy (non-hydrogen) atoms. The summed E-state index contributed by atoms with van der Waals surface area (Å²) in [5.74, 6) is 0. The van der Waals surface area contributed by atoms with Crippen molar-refractivity contribution in [2.75, 3.05) is 5.32 Å². The summed E-state index contributed by atoms with van der Waals surface area (Å²) < 4.78 is 0. The van der Waals surface area contributed by atoms with E-state index >= 15 is 0 Å². The van der Waals surface area contributed by atoms with E-state index in [0.29, 0.717) is 20.8 Å². The Morgan fingerprint density at radius 2 is 1.67 bits per heavy atom. The maximum Gasteiger partial charge on any atom is 0.0659 e. The molecule has 0 atom stereocenters. The molecule has 5 heteroatoms. The standard InChI is InChI=1S/C7H4Cl3NS/c8-4-1-6(10)7(11-3-12)2-5(4)9/h1-3H,(H,11,12). The lowest BCUT2D eigenvalue weighted by molar-refractivity contribution is 1.66. The van der Waals surface area contributed by atoms with Gasteiger partial charge in [0, 0.05) is 0 Å². The number of anilines is 1. The molecule has 0 amide bonds. The molecule has 0 saturated carbocycles. The summed E-state index contributed by atoms with van der Waals surface area (Å²) in [6.45, 7) is 0. The van der Waals surface area contributed by atoms with Crippen LogP contribution in [0.2, 0.25) is 15.1 Å². The van der Waals surface area contributed by atoms with E-state index in [0.717, 1.165) is 0 Å². The molecule has 64 valence electrons. The highest BCUT2D eigenvalue weighted by Gasteiger charge is 2.03.